The Morgan fingerprint density at radius 3 is 1.42 bits per heavy atom. The highest BCUT2D eigenvalue weighted by atomic mass is 32.1. The topological polar surface area (TPSA) is 41.1 Å². The summed E-state index contributed by atoms with van der Waals surface area (Å²) < 4.78 is 0. The molecule has 130 valence electrons. The standard InChI is InChI=1S/C22H20N2OS/c25-20-19(21(26)23-20)24-22(16-10-4-1-5-11-16,17-12-6-2-7-13-17)18-14-8-3-9-15-18/h1-15,19,21,24,26H,(H,23,25). The van der Waals surface area contributed by atoms with Gasteiger partial charge in [0.05, 0.1) is 10.9 Å². The fraction of sp³-hybridized carbons (Fsp3) is 0.136. The Bertz CT molecular complexity index is 787. The third-order valence-corrected chi connectivity index (χ3v) is 5.31. The van der Waals surface area contributed by atoms with Crippen LogP contribution in [0.15, 0.2) is 91.0 Å². The number of carbonyl (C=O) groups is 1. The summed E-state index contributed by atoms with van der Waals surface area (Å²) in [5.41, 5.74) is 2.60. The van der Waals surface area contributed by atoms with Gasteiger partial charge in [-0.05, 0) is 16.7 Å². The molecule has 3 nitrogen and oxygen atoms in total. The minimum absolute atomic E-state index is 0.0304. The first-order chi connectivity index (χ1) is 12.7. The Morgan fingerprint density at radius 1 is 0.731 bits per heavy atom. The summed E-state index contributed by atoms with van der Waals surface area (Å²) in [6.07, 6.45) is 0. The highest BCUT2D eigenvalue weighted by molar-refractivity contribution is 7.81. The van der Waals surface area contributed by atoms with Crippen molar-refractivity contribution in [3.8, 4) is 0 Å². The molecule has 4 rings (SSSR count). The zero-order chi connectivity index (χ0) is 18.0. The van der Waals surface area contributed by atoms with Crippen molar-refractivity contribution in [2.45, 2.75) is 17.0 Å². The molecule has 2 atom stereocenters. The maximum Gasteiger partial charge on any atom is 0.241 e. The van der Waals surface area contributed by atoms with Gasteiger partial charge in [-0.1, -0.05) is 91.0 Å². The van der Waals surface area contributed by atoms with Gasteiger partial charge in [-0.2, -0.15) is 12.6 Å². The average molecular weight is 360 g/mol. The quantitative estimate of drug-likeness (QED) is 0.371. The van der Waals surface area contributed by atoms with Crippen LogP contribution in [0.4, 0.5) is 0 Å². The van der Waals surface area contributed by atoms with E-state index in [4.69, 9.17) is 0 Å². The highest BCUT2D eigenvalue weighted by Gasteiger charge is 2.45. The van der Waals surface area contributed by atoms with Crippen LogP contribution in [0.3, 0.4) is 0 Å². The van der Waals surface area contributed by atoms with E-state index in [9.17, 15) is 4.79 Å². The van der Waals surface area contributed by atoms with Crippen molar-refractivity contribution in [2.24, 2.45) is 0 Å². The van der Waals surface area contributed by atoms with E-state index in [1.54, 1.807) is 0 Å². The molecule has 2 N–H and O–H groups in total. The molecule has 1 heterocycles. The molecule has 1 saturated heterocycles. The monoisotopic (exact) mass is 360 g/mol. The first kappa shape index (κ1) is 16.9. The Kier molecular flexibility index (Phi) is 4.53. The van der Waals surface area contributed by atoms with Gasteiger partial charge in [0.2, 0.25) is 5.91 Å². The highest BCUT2D eigenvalue weighted by Crippen LogP contribution is 2.38. The van der Waals surface area contributed by atoms with Crippen LogP contribution in [0, 0.1) is 0 Å². The van der Waals surface area contributed by atoms with Crippen LogP contribution in [0.1, 0.15) is 16.7 Å². The molecule has 0 spiro atoms. The van der Waals surface area contributed by atoms with Gasteiger partial charge in [-0.15, -0.1) is 0 Å². The number of hydrogen-bond donors (Lipinski definition) is 3. The minimum Gasteiger partial charge on any atom is -0.341 e. The Balaban J connectivity index is 1.95. The second-order valence-electron chi connectivity index (χ2n) is 6.42. The molecule has 0 saturated carbocycles. The van der Waals surface area contributed by atoms with E-state index in [0.29, 0.717) is 0 Å². The summed E-state index contributed by atoms with van der Waals surface area (Å²) in [6.45, 7) is 0. The van der Waals surface area contributed by atoms with Crippen molar-refractivity contribution in [1.82, 2.24) is 10.6 Å². The SMILES string of the molecule is O=C1NC(S)C1NC(c1ccccc1)(c1ccccc1)c1ccccc1. The summed E-state index contributed by atoms with van der Waals surface area (Å²) >= 11 is 4.49. The maximum atomic E-state index is 12.2. The predicted octanol–water partition coefficient (Wildman–Crippen LogP) is 3.32. The summed E-state index contributed by atoms with van der Waals surface area (Å²) in [4.78, 5) is 12.2. The van der Waals surface area contributed by atoms with E-state index in [2.05, 4.69) is 59.7 Å². The summed E-state index contributed by atoms with van der Waals surface area (Å²) in [5, 5.41) is 6.21. The van der Waals surface area contributed by atoms with Gasteiger partial charge in [0, 0.05) is 0 Å². The molecule has 0 aromatic heterocycles. The van der Waals surface area contributed by atoms with Crippen molar-refractivity contribution < 1.29 is 4.79 Å². The maximum absolute atomic E-state index is 12.2. The van der Waals surface area contributed by atoms with Crippen molar-refractivity contribution in [3.05, 3.63) is 108 Å². The van der Waals surface area contributed by atoms with Gasteiger partial charge in [0.15, 0.2) is 0 Å². The molecule has 1 aliphatic heterocycles. The molecule has 3 aromatic carbocycles. The molecule has 0 bridgehead atoms. The van der Waals surface area contributed by atoms with Gasteiger partial charge >= 0.3 is 0 Å². The second-order valence-corrected chi connectivity index (χ2v) is 6.98. The molecule has 26 heavy (non-hydrogen) atoms. The first-order valence-corrected chi connectivity index (χ1v) is 9.16. The van der Waals surface area contributed by atoms with Crippen LogP contribution in [0.25, 0.3) is 0 Å². The number of rotatable bonds is 5. The van der Waals surface area contributed by atoms with Crippen molar-refractivity contribution in [3.63, 3.8) is 0 Å². The summed E-state index contributed by atoms with van der Waals surface area (Å²) in [6, 6.07) is 30.3. The third kappa shape index (κ3) is 2.81. The van der Waals surface area contributed by atoms with Gasteiger partial charge in [0.25, 0.3) is 0 Å². The van der Waals surface area contributed by atoms with Crippen LogP contribution >= 0.6 is 12.6 Å². The summed E-state index contributed by atoms with van der Waals surface area (Å²) in [5.74, 6) is -0.0304. The average Bonchev–Trinajstić information content (AvgIpc) is 2.71. The van der Waals surface area contributed by atoms with Gasteiger partial charge in [-0.3, -0.25) is 10.1 Å². The number of nitrogens with one attached hydrogen (secondary N) is 2. The van der Waals surface area contributed by atoms with E-state index in [-0.39, 0.29) is 17.3 Å². The van der Waals surface area contributed by atoms with Crippen molar-refractivity contribution in [2.75, 3.05) is 0 Å². The molecule has 4 heteroatoms. The molecular formula is C22H20N2OS. The molecule has 1 fully saturated rings. The molecule has 2 unspecified atom stereocenters. The number of β-lactam (4-membered cyclic amide) rings is 1. The normalized spacial score (nSPS) is 19.5. The zero-order valence-electron chi connectivity index (χ0n) is 14.2. The van der Waals surface area contributed by atoms with Crippen LogP contribution in [0.5, 0.6) is 0 Å². The molecule has 0 aliphatic carbocycles. The Hall–Kier alpha value is -2.56. The van der Waals surface area contributed by atoms with E-state index >= 15 is 0 Å². The second kappa shape index (κ2) is 6.98. The molecule has 3 aromatic rings. The lowest BCUT2D eigenvalue weighted by Gasteiger charge is -2.44. The van der Waals surface area contributed by atoms with E-state index in [1.165, 1.54) is 0 Å². The minimum atomic E-state index is -0.646. The van der Waals surface area contributed by atoms with Crippen molar-refractivity contribution >= 4 is 18.5 Å². The smallest absolute Gasteiger partial charge is 0.241 e. The van der Waals surface area contributed by atoms with E-state index < -0.39 is 5.54 Å². The fourth-order valence-electron chi connectivity index (χ4n) is 3.56. The van der Waals surface area contributed by atoms with Crippen LogP contribution in [-0.4, -0.2) is 17.3 Å². The lowest BCUT2D eigenvalue weighted by molar-refractivity contribution is -0.129. The lowest BCUT2D eigenvalue weighted by Crippen LogP contribution is -2.69. The van der Waals surface area contributed by atoms with Crippen LogP contribution in [-0.2, 0) is 10.3 Å². The third-order valence-electron chi connectivity index (χ3n) is 4.88. The fourth-order valence-corrected chi connectivity index (χ4v) is 3.90. The number of amides is 1. The number of thiol groups is 1. The Morgan fingerprint density at radius 2 is 1.12 bits per heavy atom. The van der Waals surface area contributed by atoms with Crippen LogP contribution in [0.2, 0.25) is 0 Å². The van der Waals surface area contributed by atoms with E-state index in [0.717, 1.165) is 16.7 Å². The Labute approximate surface area is 158 Å². The van der Waals surface area contributed by atoms with E-state index in [1.807, 2.05) is 54.6 Å². The van der Waals surface area contributed by atoms with Crippen LogP contribution < -0.4 is 10.6 Å². The van der Waals surface area contributed by atoms with Gasteiger partial charge in [-0.25, -0.2) is 0 Å². The lowest BCUT2D eigenvalue weighted by atomic mass is 9.76. The van der Waals surface area contributed by atoms with Gasteiger partial charge < -0.3 is 5.32 Å². The molecular weight excluding hydrogens is 340 g/mol. The molecule has 1 amide bonds. The molecule has 1 aliphatic rings. The zero-order valence-corrected chi connectivity index (χ0v) is 15.1. The summed E-state index contributed by atoms with van der Waals surface area (Å²) in [7, 11) is 0. The molecule has 0 radical (unpaired) electrons. The van der Waals surface area contributed by atoms with Crippen molar-refractivity contribution in [1.29, 1.82) is 0 Å². The first-order valence-electron chi connectivity index (χ1n) is 8.64. The number of hydrogen-bond acceptors (Lipinski definition) is 3. The number of carbonyl (C=O) groups excluding carboxylic acids is 1. The van der Waals surface area contributed by atoms with Gasteiger partial charge in [0.1, 0.15) is 6.04 Å². The predicted molar refractivity (Wildman–Crippen MR) is 107 cm³/mol. The number of benzene rings is 3. The largest absolute Gasteiger partial charge is 0.341 e.